The van der Waals surface area contributed by atoms with Crippen molar-refractivity contribution >= 4 is 17.3 Å². The van der Waals surface area contributed by atoms with E-state index >= 15 is 0 Å². The van der Waals surface area contributed by atoms with Crippen molar-refractivity contribution in [1.82, 2.24) is 5.32 Å². The minimum atomic E-state index is -0.441. The van der Waals surface area contributed by atoms with E-state index in [2.05, 4.69) is 26.1 Å². The summed E-state index contributed by atoms with van der Waals surface area (Å²) < 4.78 is 5.74. The Morgan fingerprint density at radius 3 is 2.53 bits per heavy atom. The highest BCUT2D eigenvalue weighted by atomic mass is 16.3. The molecule has 1 aliphatic carbocycles. The van der Waals surface area contributed by atoms with E-state index in [0.29, 0.717) is 12.8 Å². The monoisotopic (exact) mass is 409 g/mol. The fourth-order valence-electron chi connectivity index (χ4n) is 4.12. The number of nitrogens with one attached hydrogen (secondary N) is 1. The van der Waals surface area contributed by atoms with Crippen LogP contribution >= 0.6 is 0 Å². The van der Waals surface area contributed by atoms with Crippen molar-refractivity contribution in [2.24, 2.45) is 5.41 Å². The van der Waals surface area contributed by atoms with Gasteiger partial charge < -0.3 is 4.42 Å². The molecule has 160 valence electrons. The number of carbonyl (C=O) groups is 3. The summed E-state index contributed by atoms with van der Waals surface area (Å²) in [6, 6.07) is 9.43. The van der Waals surface area contributed by atoms with Crippen LogP contribution in [0.4, 0.5) is 0 Å². The highest BCUT2D eigenvalue weighted by Gasteiger charge is 2.30. The molecule has 5 nitrogen and oxygen atoms in total. The smallest absolute Gasteiger partial charge is 0.212 e. The van der Waals surface area contributed by atoms with Crippen LogP contribution in [-0.2, 0) is 22.4 Å². The van der Waals surface area contributed by atoms with Crippen LogP contribution in [0.25, 0.3) is 0 Å². The SMILES string of the molecule is Cc1ccc([C@H](NCC(=O)C(=O)CCc2cccc3c2C(=O)CCC3)C(C)(C)C)o1. The molecule has 0 amide bonds. The van der Waals surface area contributed by atoms with Crippen LogP contribution in [-0.4, -0.2) is 23.9 Å². The first-order valence-electron chi connectivity index (χ1n) is 10.7. The zero-order valence-corrected chi connectivity index (χ0v) is 18.3. The topological polar surface area (TPSA) is 76.4 Å². The first kappa shape index (κ1) is 22.2. The molecule has 1 atom stereocenters. The molecule has 0 saturated heterocycles. The fraction of sp³-hybridized carbons (Fsp3) is 0.480. The van der Waals surface area contributed by atoms with Gasteiger partial charge in [0.15, 0.2) is 11.6 Å². The molecule has 0 radical (unpaired) electrons. The highest BCUT2D eigenvalue weighted by Crippen LogP contribution is 2.33. The lowest BCUT2D eigenvalue weighted by molar-refractivity contribution is -0.136. The number of hydrogen-bond acceptors (Lipinski definition) is 5. The summed E-state index contributed by atoms with van der Waals surface area (Å²) in [5.41, 5.74) is 2.52. The van der Waals surface area contributed by atoms with Crippen molar-refractivity contribution in [3.8, 4) is 0 Å². The summed E-state index contributed by atoms with van der Waals surface area (Å²) in [5.74, 6) is 0.864. The van der Waals surface area contributed by atoms with Crippen molar-refractivity contribution in [2.45, 2.75) is 65.8 Å². The second kappa shape index (κ2) is 9.09. The number of furan rings is 1. The molecule has 0 unspecified atom stereocenters. The van der Waals surface area contributed by atoms with Gasteiger partial charge in [-0.1, -0.05) is 39.0 Å². The maximum absolute atomic E-state index is 12.5. The molecule has 30 heavy (non-hydrogen) atoms. The van der Waals surface area contributed by atoms with Crippen LogP contribution in [0.2, 0.25) is 0 Å². The quantitative estimate of drug-likeness (QED) is 0.647. The molecule has 1 aromatic heterocycles. The Morgan fingerprint density at radius 1 is 1.10 bits per heavy atom. The summed E-state index contributed by atoms with van der Waals surface area (Å²) in [4.78, 5) is 37.3. The van der Waals surface area contributed by atoms with Crippen molar-refractivity contribution in [3.05, 3.63) is 58.5 Å². The number of Topliss-reactive ketones (excluding diaryl/α,β-unsaturated/α-hetero) is 3. The number of benzene rings is 1. The number of fused-ring (bicyclic) bond motifs is 1. The summed E-state index contributed by atoms with van der Waals surface area (Å²) >= 11 is 0. The minimum Gasteiger partial charge on any atom is -0.465 e. The molecule has 0 aliphatic heterocycles. The molecule has 3 rings (SSSR count). The lowest BCUT2D eigenvalue weighted by atomic mass is 9.85. The van der Waals surface area contributed by atoms with Gasteiger partial charge >= 0.3 is 0 Å². The van der Waals surface area contributed by atoms with Crippen molar-refractivity contribution in [1.29, 1.82) is 0 Å². The molecule has 1 aliphatic rings. The zero-order valence-electron chi connectivity index (χ0n) is 18.3. The second-order valence-corrected chi connectivity index (χ2v) is 9.20. The summed E-state index contributed by atoms with van der Waals surface area (Å²) in [7, 11) is 0. The standard InChI is InChI=1S/C25H31NO4/c1-16-11-14-22(30-16)24(25(2,3)4)26-15-21(29)19(27)13-12-18-8-5-7-17-9-6-10-20(28)23(17)18/h5,7-8,11,14,24,26H,6,9-10,12-13,15H2,1-4H3/t24-/m0/s1. The summed E-state index contributed by atoms with van der Waals surface area (Å²) in [6.07, 6.45) is 2.86. The van der Waals surface area contributed by atoms with Crippen LogP contribution in [0.3, 0.4) is 0 Å². The molecule has 1 heterocycles. The Hall–Kier alpha value is -2.53. The van der Waals surface area contributed by atoms with Crippen LogP contribution in [0, 0.1) is 12.3 Å². The lowest BCUT2D eigenvalue weighted by Crippen LogP contribution is -2.37. The number of carbonyl (C=O) groups excluding carboxylic acids is 3. The van der Waals surface area contributed by atoms with E-state index in [1.807, 2.05) is 37.3 Å². The molecule has 1 N–H and O–H groups in total. The van der Waals surface area contributed by atoms with E-state index in [1.54, 1.807) is 0 Å². The number of aryl methyl sites for hydroxylation is 3. The van der Waals surface area contributed by atoms with Gasteiger partial charge in [-0.3, -0.25) is 19.7 Å². The van der Waals surface area contributed by atoms with Gasteiger partial charge in [0, 0.05) is 18.4 Å². The van der Waals surface area contributed by atoms with E-state index in [-0.39, 0.29) is 30.2 Å². The Morgan fingerprint density at radius 2 is 1.87 bits per heavy atom. The lowest BCUT2D eigenvalue weighted by Gasteiger charge is -2.29. The van der Waals surface area contributed by atoms with E-state index < -0.39 is 11.6 Å². The van der Waals surface area contributed by atoms with E-state index in [0.717, 1.165) is 41.1 Å². The van der Waals surface area contributed by atoms with Crippen LogP contribution < -0.4 is 5.32 Å². The fourth-order valence-corrected chi connectivity index (χ4v) is 4.12. The average Bonchev–Trinajstić information content (AvgIpc) is 3.10. The van der Waals surface area contributed by atoms with Gasteiger partial charge in [0.05, 0.1) is 12.6 Å². The van der Waals surface area contributed by atoms with Gasteiger partial charge in [-0.25, -0.2) is 0 Å². The molecule has 0 fully saturated rings. The van der Waals surface area contributed by atoms with Gasteiger partial charge in [0.2, 0.25) is 5.78 Å². The molecule has 0 saturated carbocycles. The Labute approximate surface area is 178 Å². The Balaban J connectivity index is 1.60. The molecule has 5 heteroatoms. The number of rotatable bonds is 8. The summed E-state index contributed by atoms with van der Waals surface area (Å²) in [5, 5.41) is 3.21. The van der Waals surface area contributed by atoms with E-state index in [1.165, 1.54) is 0 Å². The van der Waals surface area contributed by atoms with Gasteiger partial charge in [0.1, 0.15) is 11.5 Å². The van der Waals surface area contributed by atoms with Gasteiger partial charge in [-0.05, 0) is 54.9 Å². The highest BCUT2D eigenvalue weighted by molar-refractivity contribution is 6.38. The molecule has 0 bridgehead atoms. The van der Waals surface area contributed by atoms with Crippen molar-refractivity contribution in [3.63, 3.8) is 0 Å². The average molecular weight is 410 g/mol. The zero-order chi connectivity index (χ0) is 21.9. The maximum Gasteiger partial charge on any atom is 0.212 e. The van der Waals surface area contributed by atoms with Gasteiger partial charge in [-0.15, -0.1) is 0 Å². The predicted octanol–water partition coefficient (Wildman–Crippen LogP) is 4.55. The van der Waals surface area contributed by atoms with Gasteiger partial charge in [-0.2, -0.15) is 0 Å². The third-order valence-electron chi connectivity index (χ3n) is 5.68. The Bertz CT molecular complexity index is 948. The normalized spacial score (nSPS) is 15.0. The van der Waals surface area contributed by atoms with Crippen molar-refractivity contribution in [2.75, 3.05) is 6.54 Å². The van der Waals surface area contributed by atoms with Crippen molar-refractivity contribution < 1.29 is 18.8 Å². The van der Waals surface area contributed by atoms with E-state index in [9.17, 15) is 14.4 Å². The molecule has 1 aromatic carbocycles. The second-order valence-electron chi connectivity index (χ2n) is 9.20. The van der Waals surface area contributed by atoms with Crippen LogP contribution in [0.5, 0.6) is 0 Å². The maximum atomic E-state index is 12.5. The minimum absolute atomic E-state index is 0.0354. The summed E-state index contributed by atoms with van der Waals surface area (Å²) in [6.45, 7) is 8.02. The number of ketones is 3. The van der Waals surface area contributed by atoms with Gasteiger partial charge in [0.25, 0.3) is 0 Å². The largest absolute Gasteiger partial charge is 0.465 e. The molecular formula is C25H31NO4. The Kier molecular flexibility index (Phi) is 6.71. The predicted molar refractivity (Wildman–Crippen MR) is 116 cm³/mol. The van der Waals surface area contributed by atoms with E-state index in [4.69, 9.17) is 4.42 Å². The van der Waals surface area contributed by atoms with Crippen LogP contribution in [0.1, 0.15) is 79.1 Å². The first-order chi connectivity index (χ1) is 14.2. The molecule has 0 spiro atoms. The number of hydrogen-bond donors (Lipinski definition) is 1. The first-order valence-corrected chi connectivity index (χ1v) is 10.7. The molecule has 2 aromatic rings. The third-order valence-corrected chi connectivity index (χ3v) is 5.68. The third kappa shape index (κ3) is 5.14. The van der Waals surface area contributed by atoms with Crippen LogP contribution in [0.15, 0.2) is 34.7 Å². The molecular weight excluding hydrogens is 378 g/mol.